The summed E-state index contributed by atoms with van der Waals surface area (Å²) in [5.74, 6) is 0.103. The first-order valence-corrected chi connectivity index (χ1v) is 6.75. The summed E-state index contributed by atoms with van der Waals surface area (Å²) in [4.78, 5) is 12.1. The molecule has 2 rings (SSSR count). The standard InChI is InChI=1S/C15H14BrNO3/c1-9-3-4-10(7-12(9)16)15(19)17-11-5-6-14(20-2)13(18)8-11/h3-8,18H,1-2H3,(H,17,19). The zero-order valence-corrected chi connectivity index (χ0v) is 12.7. The fourth-order valence-corrected chi connectivity index (χ4v) is 2.08. The number of aromatic hydroxyl groups is 1. The van der Waals surface area contributed by atoms with E-state index >= 15 is 0 Å². The molecule has 0 heterocycles. The molecular weight excluding hydrogens is 322 g/mol. The normalized spacial score (nSPS) is 10.2. The number of hydrogen-bond donors (Lipinski definition) is 2. The molecule has 0 radical (unpaired) electrons. The van der Waals surface area contributed by atoms with Crippen LogP contribution in [0.2, 0.25) is 0 Å². The fraction of sp³-hybridized carbons (Fsp3) is 0.133. The highest BCUT2D eigenvalue weighted by atomic mass is 79.9. The molecule has 0 fully saturated rings. The highest BCUT2D eigenvalue weighted by Crippen LogP contribution is 2.28. The van der Waals surface area contributed by atoms with Gasteiger partial charge in [0, 0.05) is 21.8 Å². The minimum Gasteiger partial charge on any atom is -0.504 e. The number of nitrogens with one attached hydrogen (secondary N) is 1. The van der Waals surface area contributed by atoms with E-state index in [-0.39, 0.29) is 11.7 Å². The highest BCUT2D eigenvalue weighted by Gasteiger charge is 2.09. The predicted molar refractivity (Wildman–Crippen MR) is 81.5 cm³/mol. The van der Waals surface area contributed by atoms with Crippen molar-refractivity contribution in [1.82, 2.24) is 0 Å². The lowest BCUT2D eigenvalue weighted by atomic mass is 10.1. The monoisotopic (exact) mass is 335 g/mol. The Hall–Kier alpha value is -2.01. The smallest absolute Gasteiger partial charge is 0.255 e. The molecule has 104 valence electrons. The lowest BCUT2D eigenvalue weighted by molar-refractivity contribution is 0.102. The van der Waals surface area contributed by atoms with Gasteiger partial charge in [-0.15, -0.1) is 0 Å². The third-order valence-electron chi connectivity index (χ3n) is 2.87. The molecule has 0 unspecified atom stereocenters. The van der Waals surface area contributed by atoms with Gasteiger partial charge in [-0.05, 0) is 36.8 Å². The molecule has 20 heavy (non-hydrogen) atoms. The average Bonchev–Trinajstić information content (AvgIpc) is 2.42. The number of carbonyl (C=O) groups excluding carboxylic acids is 1. The molecule has 4 nitrogen and oxygen atoms in total. The second kappa shape index (κ2) is 5.96. The van der Waals surface area contributed by atoms with E-state index in [1.54, 1.807) is 24.3 Å². The number of phenolic OH excluding ortho intramolecular Hbond substituents is 1. The molecule has 2 aromatic carbocycles. The van der Waals surface area contributed by atoms with Crippen molar-refractivity contribution >= 4 is 27.5 Å². The van der Waals surface area contributed by atoms with Crippen LogP contribution >= 0.6 is 15.9 Å². The number of rotatable bonds is 3. The molecule has 0 spiro atoms. The second-order valence-corrected chi connectivity index (χ2v) is 5.16. The van der Waals surface area contributed by atoms with Crippen LogP contribution in [0.5, 0.6) is 11.5 Å². The van der Waals surface area contributed by atoms with E-state index in [1.165, 1.54) is 13.2 Å². The van der Waals surface area contributed by atoms with Crippen LogP contribution in [-0.4, -0.2) is 18.1 Å². The molecule has 0 aliphatic rings. The van der Waals surface area contributed by atoms with Crippen molar-refractivity contribution in [3.05, 3.63) is 52.0 Å². The minimum atomic E-state index is -0.240. The van der Waals surface area contributed by atoms with E-state index in [4.69, 9.17) is 4.74 Å². The molecule has 0 saturated heterocycles. The highest BCUT2D eigenvalue weighted by molar-refractivity contribution is 9.10. The van der Waals surface area contributed by atoms with Crippen molar-refractivity contribution in [3.63, 3.8) is 0 Å². The molecule has 2 N–H and O–H groups in total. The largest absolute Gasteiger partial charge is 0.504 e. The topological polar surface area (TPSA) is 58.6 Å². The van der Waals surface area contributed by atoms with Crippen LogP contribution in [0.1, 0.15) is 15.9 Å². The van der Waals surface area contributed by atoms with E-state index in [9.17, 15) is 9.90 Å². The van der Waals surface area contributed by atoms with Gasteiger partial charge in [-0.2, -0.15) is 0 Å². The SMILES string of the molecule is COc1ccc(NC(=O)c2ccc(C)c(Br)c2)cc1O. The Balaban J connectivity index is 2.19. The summed E-state index contributed by atoms with van der Waals surface area (Å²) in [6, 6.07) is 10.1. The van der Waals surface area contributed by atoms with E-state index in [0.29, 0.717) is 17.0 Å². The van der Waals surface area contributed by atoms with Gasteiger partial charge >= 0.3 is 0 Å². The predicted octanol–water partition coefficient (Wildman–Crippen LogP) is 3.72. The number of halogens is 1. The van der Waals surface area contributed by atoms with E-state index in [1.807, 2.05) is 13.0 Å². The van der Waals surface area contributed by atoms with Crippen molar-refractivity contribution in [2.24, 2.45) is 0 Å². The number of amides is 1. The number of aryl methyl sites for hydroxylation is 1. The number of benzene rings is 2. The summed E-state index contributed by atoms with van der Waals surface area (Å²) in [6.07, 6.45) is 0. The summed E-state index contributed by atoms with van der Waals surface area (Å²) >= 11 is 3.39. The van der Waals surface area contributed by atoms with Gasteiger partial charge in [0.15, 0.2) is 11.5 Å². The maximum Gasteiger partial charge on any atom is 0.255 e. The Kier molecular flexibility index (Phi) is 4.29. The van der Waals surface area contributed by atoms with Gasteiger partial charge in [0.25, 0.3) is 5.91 Å². The van der Waals surface area contributed by atoms with Crippen molar-refractivity contribution in [1.29, 1.82) is 0 Å². The molecule has 0 aromatic heterocycles. The molecule has 1 amide bonds. The Bertz CT molecular complexity index is 656. The Morgan fingerprint density at radius 3 is 2.60 bits per heavy atom. The maximum absolute atomic E-state index is 12.1. The van der Waals surface area contributed by atoms with Gasteiger partial charge in [0.05, 0.1) is 7.11 Å². The summed E-state index contributed by atoms with van der Waals surface area (Å²) in [5, 5.41) is 12.4. The fourth-order valence-electron chi connectivity index (χ4n) is 1.71. The summed E-state index contributed by atoms with van der Waals surface area (Å²) < 4.78 is 5.83. The van der Waals surface area contributed by atoms with Crippen LogP contribution in [0.4, 0.5) is 5.69 Å². The lowest BCUT2D eigenvalue weighted by Crippen LogP contribution is -2.11. The number of hydrogen-bond acceptors (Lipinski definition) is 3. The van der Waals surface area contributed by atoms with E-state index in [0.717, 1.165) is 10.0 Å². The number of phenols is 1. The van der Waals surface area contributed by atoms with Gasteiger partial charge in [0.2, 0.25) is 0 Å². The van der Waals surface area contributed by atoms with Crippen molar-refractivity contribution in [2.75, 3.05) is 12.4 Å². The van der Waals surface area contributed by atoms with E-state index in [2.05, 4.69) is 21.2 Å². The van der Waals surface area contributed by atoms with Crippen LogP contribution in [0.3, 0.4) is 0 Å². The summed E-state index contributed by atoms with van der Waals surface area (Å²) in [5.41, 5.74) is 2.10. The Labute approximate surface area is 125 Å². The zero-order valence-electron chi connectivity index (χ0n) is 11.1. The van der Waals surface area contributed by atoms with Gasteiger partial charge in [-0.3, -0.25) is 4.79 Å². The number of anilines is 1. The maximum atomic E-state index is 12.1. The van der Waals surface area contributed by atoms with Gasteiger partial charge in [-0.25, -0.2) is 0 Å². The zero-order chi connectivity index (χ0) is 14.7. The van der Waals surface area contributed by atoms with Crippen LogP contribution < -0.4 is 10.1 Å². The number of methoxy groups -OCH3 is 1. The van der Waals surface area contributed by atoms with Gasteiger partial charge < -0.3 is 15.2 Å². The third kappa shape index (κ3) is 3.11. The van der Waals surface area contributed by atoms with Crippen LogP contribution in [0.25, 0.3) is 0 Å². The summed E-state index contributed by atoms with van der Waals surface area (Å²) in [6.45, 7) is 1.95. The van der Waals surface area contributed by atoms with Crippen molar-refractivity contribution in [2.45, 2.75) is 6.92 Å². The molecule has 0 aliphatic carbocycles. The molecule has 2 aromatic rings. The third-order valence-corrected chi connectivity index (χ3v) is 3.73. The second-order valence-electron chi connectivity index (χ2n) is 4.30. The lowest BCUT2D eigenvalue weighted by Gasteiger charge is -2.09. The molecule has 0 atom stereocenters. The minimum absolute atomic E-state index is 0.0182. The Morgan fingerprint density at radius 1 is 1.25 bits per heavy atom. The molecule has 5 heteroatoms. The summed E-state index contributed by atoms with van der Waals surface area (Å²) in [7, 11) is 1.47. The first-order chi connectivity index (χ1) is 9.51. The van der Waals surface area contributed by atoms with Crippen molar-refractivity contribution in [3.8, 4) is 11.5 Å². The number of carbonyl (C=O) groups is 1. The molecule has 0 aliphatic heterocycles. The first-order valence-electron chi connectivity index (χ1n) is 5.96. The number of ether oxygens (including phenoxy) is 1. The Morgan fingerprint density at radius 2 is 2.00 bits per heavy atom. The molecular formula is C15H14BrNO3. The van der Waals surface area contributed by atoms with Crippen LogP contribution in [0.15, 0.2) is 40.9 Å². The quantitative estimate of drug-likeness (QED) is 0.898. The van der Waals surface area contributed by atoms with E-state index < -0.39 is 0 Å². The average molecular weight is 336 g/mol. The van der Waals surface area contributed by atoms with Crippen LogP contribution in [-0.2, 0) is 0 Å². The van der Waals surface area contributed by atoms with Gasteiger partial charge in [0.1, 0.15) is 0 Å². The van der Waals surface area contributed by atoms with Crippen LogP contribution in [0, 0.1) is 6.92 Å². The van der Waals surface area contributed by atoms with Crippen molar-refractivity contribution < 1.29 is 14.6 Å². The molecule has 0 bridgehead atoms. The van der Waals surface area contributed by atoms with Gasteiger partial charge in [-0.1, -0.05) is 22.0 Å². The first kappa shape index (κ1) is 14.4. The molecule has 0 saturated carbocycles.